The number of likely N-dealkylation sites (tertiary alicyclic amines) is 1. The third-order valence-electron chi connectivity index (χ3n) is 3.67. The summed E-state index contributed by atoms with van der Waals surface area (Å²) in [6, 6.07) is 6.01. The van der Waals surface area contributed by atoms with Crippen LogP contribution >= 0.6 is 0 Å². The van der Waals surface area contributed by atoms with Gasteiger partial charge in [0.2, 0.25) is 6.79 Å². The summed E-state index contributed by atoms with van der Waals surface area (Å²) in [5.41, 5.74) is 2.22. The van der Waals surface area contributed by atoms with E-state index in [9.17, 15) is 4.79 Å². The molecule has 2 heterocycles. The van der Waals surface area contributed by atoms with E-state index in [1.807, 2.05) is 12.1 Å². The standard InChI is InChI=1S/C15H17NO4/c17-15(18)8-11-3-5-16(6-4-11)9-12-1-2-13-14(7-12)20-10-19-13/h1-2,7-8H,3-6,9-10H2,(H,17,18). The average molecular weight is 275 g/mol. The smallest absolute Gasteiger partial charge is 0.328 e. The van der Waals surface area contributed by atoms with Crippen molar-refractivity contribution >= 4 is 5.97 Å². The van der Waals surface area contributed by atoms with Crippen molar-refractivity contribution in [3.05, 3.63) is 35.4 Å². The average Bonchev–Trinajstić information content (AvgIpc) is 2.88. The molecule has 2 aliphatic rings. The van der Waals surface area contributed by atoms with Crippen LogP contribution in [-0.2, 0) is 11.3 Å². The lowest BCUT2D eigenvalue weighted by atomic mass is 10.0. The number of piperidine rings is 1. The van der Waals surface area contributed by atoms with Crippen LogP contribution in [0.1, 0.15) is 18.4 Å². The quantitative estimate of drug-likeness (QED) is 0.855. The van der Waals surface area contributed by atoms with Crippen LogP contribution in [0.15, 0.2) is 29.8 Å². The Bertz CT molecular complexity index is 543. The van der Waals surface area contributed by atoms with E-state index in [0.717, 1.165) is 49.5 Å². The molecule has 20 heavy (non-hydrogen) atoms. The normalized spacial score (nSPS) is 18.1. The number of carbonyl (C=O) groups is 1. The summed E-state index contributed by atoms with van der Waals surface area (Å²) < 4.78 is 10.7. The van der Waals surface area contributed by atoms with Gasteiger partial charge in [0, 0.05) is 25.7 Å². The predicted octanol–water partition coefficient (Wildman–Crippen LogP) is 2.02. The van der Waals surface area contributed by atoms with Crippen LogP contribution in [0.4, 0.5) is 0 Å². The van der Waals surface area contributed by atoms with Gasteiger partial charge in [-0.3, -0.25) is 4.90 Å². The Morgan fingerprint density at radius 2 is 2.00 bits per heavy atom. The first-order chi connectivity index (χ1) is 9.70. The SMILES string of the molecule is O=C(O)C=C1CCN(Cc2ccc3c(c2)OCO3)CC1. The van der Waals surface area contributed by atoms with Crippen LogP contribution in [0, 0.1) is 0 Å². The van der Waals surface area contributed by atoms with E-state index in [1.54, 1.807) is 0 Å². The Balaban J connectivity index is 1.58. The Morgan fingerprint density at radius 1 is 1.25 bits per heavy atom. The van der Waals surface area contributed by atoms with E-state index >= 15 is 0 Å². The number of hydrogen-bond donors (Lipinski definition) is 1. The van der Waals surface area contributed by atoms with Gasteiger partial charge in [0.1, 0.15) is 0 Å². The number of carboxylic acids is 1. The summed E-state index contributed by atoms with van der Waals surface area (Å²) in [5, 5.41) is 8.74. The van der Waals surface area contributed by atoms with Crippen molar-refractivity contribution in [3.63, 3.8) is 0 Å². The highest BCUT2D eigenvalue weighted by molar-refractivity contribution is 5.80. The van der Waals surface area contributed by atoms with E-state index in [2.05, 4.69) is 11.0 Å². The molecule has 1 aromatic carbocycles. The molecule has 0 unspecified atom stereocenters. The maximum absolute atomic E-state index is 10.6. The van der Waals surface area contributed by atoms with Crippen molar-refractivity contribution in [1.29, 1.82) is 0 Å². The number of fused-ring (bicyclic) bond motifs is 1. The molecule has 0 radical (unpaired) electrons. The molecule has 106 valence electrons. The number of aliphatic carboxylic acids is 1. The van der Waals surface area contributed by atoms with Crippen LogP contribution < -0.4 is 9.47 Å². The molecule has 1 N–H and O–H groups in total. The van der Waals surface area contributed by atoms with Gasteiger partial charge in [0.15, 0.2) is 11.5 Å². The molecule has 0 atom stereocenters. The third-order valence-corrected chi connectivity index (χ3v) is 3.67. The van der Waals surface area contributed by atoms with Crippen molar-refractivity contribution in [2.45, 2.75) is 19.4 Å². The highest BCUT2D eigenvalue weighted by Crippen LogP contribution is 2.33. The minimum Gasteiger partial charge on any atom is -0.478 e. The second-order valence-electron chi connectivity index (χ2n) is 5.10. The maximum atomic E-state index is 10.6. The summed E-state index contributed by atoms with van der Waals surface area (Å²) >= 11 is 0. The highest BCUT2D eigenvalue weighted by atomic mass is 16.7. The molecule has 1 fully saturated rings. The Kier molecular flexibility index (Phi) is 3.60. The largest absolute Gasteiger partial charge is 0.478 e. The molecule has 1 saturated heterocycles. The van der Waals surface area contributed by atoms with Gasteiger partial charge >= 0.3 is 5.97 Å². The van der Waals surface area contributed by atoms with Crippen molar-refractivity contribution in [3.8, 4) is 11.5 Å². The molecule has 0 aromatic heterocycles. The number of hydrogen-bond acceptors (Lipinski definition) is 4. The first-order valence-electron chi connectivity index (χ1n) is 6.74. The monoisotopic (exact) mass is 275 g/mol. The van der Waals surface area contributed by atoms with Crippen molar-refractivity contribution < 1.29 is 19.4 Å². The third kappa shape index (κ3) is 2.93. The van der Waals surface area contributed by atoms with Crippen LogP contribution in [0.2, 0.25) is 0 Å². The van der Waals surface area contributed by atoms with Gasteiger partial charge < -0.3 is 14.6 Å². The molecule has 0 saturated carbocycles. The Labute approximate surface area is 117 Å². The van der Waals surface area contributed by atoms with Crippen LogP contribution in [-0.4, -0.2) is 35.9 Å². The van der Waals surface area contributed by atoms with Crippen LogP contribution in [0.3, 0.4) is 0 Å². The number of carboxylic acid groups (broad SMARTS) is 1. The molecule has 0 aliphatic carbocycles. The summed E-state index contributed by atoms with van der Waals surface area (Å²) in [6.07, 6.45) is 3.01. The van der Waals surface area contributed by atoms with E-state index in [0.29, 0.717) is 6.79 Å². The van der Waals surface area contributed by atoms with Crippen molar-refractivity contribution in [2.24, 2.45) is 0 Å². The fourth-order valence-corrected chi connectivity index (χ4v) is 2.61. The summed E-state index contributed by atoms with van der Waals surface area (Å²) in [5.74, 6) is 0.772. The summed E-state index contributed by atoms with van der Waals surface area (Å²) in [6.45, 7) is 2.95. The molecule has 0 spiro atoms. The van der Waals surface area contributed by atoms with Gasteiger partial charge in [-0.2, -0.15) is 0 Å². The van der Waals surface area contributed by atoms with Crippen molar-refractivity contribution in [2.75, 3.05) is 19.9 Å². The molecule has 1 aromatic rings. The molecule has 3 rings (SSSR count). The fraction of sp³-hybridized carbons (Fsp3) is 0.400. The van der Waals surface area contributed by atoms with Gasteiger partial charge in [-0.05, 0) is 30.5 Å². The first-order valence-corrected chi connectivity index (χ1v) is 6.74. The van der Waals surface area contributed by atoms with Gasteiger partial charge in [-0.1, -0.05) is 11.6 Å². The predicted molar refractivity (Wildman–Crippen MR) is 72.8 cm³/mol. The van der Waals surface area contributed by atoms with E-state index in [-0.39, 0.29) is 0 Å². The Morgan fingerprint density at radius 3 is 2.75 bits per heavy atom. The molecular formula is C15H17NO4. The Hall–Kier alpha value is -2.01. The second kappa shape index (κ2) is 5.54. The van der Waals surface area contributed by atoms with Crippen LogP contribution in [0.25, 0.3) is 0 Å². The number of benzene rings is 1. The fourth-order valence-electron chi connectivity index (χ4n) is 2.61. The number of ether oxygens (including phenoxy) is 2. The van der Waals surface area contributed by atoms with E-state index < -0.39 is 5.97 Å². The lowest BCUT2D eigenvalue weighted by Crippen LogP contribution is -2.30. The number of rotatable bonds is 3. The molecule has 5 nitrogen and oxygen atoms in total. The topological polar surface area (TPSA) is 59.0 Å². The lowest BCUT2D eigenvalue weighted by Gasteiger charge is -2.28. The van der Waals surface area contributed by atoms with Gasteiger partial charge in [0.25, 0.3) is 0 Å². The summed E-state index contributed by atoms with van der Waals surface area (Å²) in [4.78, 5) is 13.0. The minimum atomic E-state index is -0.843. The van der Waals surface area contributed by atoms with Gasteiger partial charge in [0.05, 0.1) is 0 Å². The number of nitrogens with zero attached hydrogens (tertiary/aromatic N) is 1. The molecular weight excluding hydrogens is 258 g/mol. The van der Waals surface area contributed by atoms with Crippen molar-refractivity contribution in [1.82, 2.24) is 4.90 Å². The second-order valence-corrected chi connectivity index (χ2v) is 5.10. The zero-order valence-electron chi connectivity index (χ0n) is 11.2. The molecule has 5 heteroatoms. The van der Waals surface area contributed by atoms with E-state index in [1.165, 1.54) is 11.6 Å². The van der Waals surface area contributed by atoms with Gasteiger partial charge in [-0.15, -0.1) is 0 Å². The maximum Gasteiger partial charge on any atom is 0.328 e. The first kappa shape index (κ1) is 13.0. The highest BCUT2D eigenvalue weighted by Gasteiger charge is 2.17. The van der Waals surface area contributed by atoms with E-state index in [4.69, 9.17) is 14.6 Å². The molecule has 0 amide bonds. The van der Waals surface area contributed by atoms with Crippen LogP contribution in [0.5, 0.6) is 11.5 Å². The zero-order chi connectivity index (χ0) is 13.9. The minimum absolute atomic E-state index is 0.297. The lowest BCUT2D eigenvalue weighted by molar-refractivity contribution is -0.131. The molecule has 2 aliphatic heterocycles. The summed E-state index contributed by atoms with van der Waals surface area (Å²) in [7, 11) is 0. The molecule has 0 bridgehead atoms. The zero-order valence-corrected chi connectivity index (χ0v) is 11.2. The van der Waals surface area contributed by atoms with Gasteiger partial charge in [-0.25, -0.2) is 4.79 Å².